The number of benzene rings is 2. The van der Waals surface area contributed by atoms with E-state index in [2.05, 4.69) is 15.6 Å². The minimum Gasteiger partial charge on any atom is -0.495 e. The average Bonchev–Trinajstić information content (AvgIpc) is 3.04. The normalized spacial score (nSPS) is 10.2. The summed E-state index contributed by atoms with van der Waals surface area (Å²) < 4.78 is 5.22. The molecule has 0 unspecified atom stereocenters. The summed E-state index contributed by atoms with van der Waals surface area (Å²) in [6.45, 7) is 0. The van der Waals surface area contributed by atoms with Crippen molar-refractivity contribution < 1.29 is 9.53 Å². The molecule has 0 saturated carbocycles. The zero-order valence-corrected chi connectivity index (χ0v) is 14.3. The Kier molecular flexibility index (Phi) is 4.98. The third-order valence-electron chi connectivity index (χ3n) is 3.17. The molecule has 0 fully saturated rings. The van der Waals surface area contributed by atoms with Gasteiger partial charge in [-0.3, -0.25) is 4.79 Å². The molecule has 0 radical (unpaired) electrons. The molecule has 3 rings (SSSR count). The third kappa shape index (κ3) is 3.84. The van der Waals surface area contributed by atoms with Gasteiger partial charge < -0.3 is 15.4 Å². The van der Waals surface area contributed by atoms with Crippen molar-refractivity contribution in [3.63, 3.8) is 0 Å². The highest BCUT2D eigenvalue weighted by Gasteiger charge is 2.13. The van der Waals surface area contributed by atoms with Crippen molar-refractivity contribution in [1.82, 2.24) is 4.98 Å². The van der Waals surface area contributed by atoms with E-state index < -0.39 is 0 Å². The standard InChI is InChI=1S/C17H14ClN3O2S/c1-23-15-8-3-2-7-13(15)20-16(22)14-10-24-17(21-14)19-12-6-4-5-11(18)9-12/h2-10H,1H3,(H,19,21)(H,20,22). The molecule has 7 heteroatoms. The van der Waals surface area contributed by atoms with Crippen molar-refractivity contribution in [2.75, 3.05) is 17.7 Å². The Morgan fingerprint density at radius 1 is 1.21 bits per heavy atom. The Morgan fingerprint density at radius 3 is 2.83 bits per heavy atom. The van der Waals surface area contributed by atoms with Crippen molar-refractivity contribution in [2.24, 2.45) is 0 Å². The van der Waals surface area contributed by atoms with E-state index in [-0.39, 0.29) is 5.91 Å². The molecule has 0 aliphatic rings. The summed E-state index contributed by atoms with van der Waals surface area (Å²) >= 11 is 7.29. The summed E-state index contributed by atoms with van der Waals surface area (Å²) in [6, 6.07) is 14.5. The first-order chi connectivity index (χ1) is 11.7. The number of thiazole rings is 1. The van der Waals surface area contributed by atoms with E-state index >= 15 is 0 Å². The molecular formula is C17H14ClN3O2S. The quantitative estimate of drug-likeness (QED) is 0.686. The van der Waals surface area contributed by atoms with Gasteiger partial charge in [-0.15, -0.1) is 11.3 Å². The molecule has 122 valence electrons. The zero-order chi connectivity index (χ0) is 16.9. The molecule has 5 nitrogen and oxygen atoms in total. The number of methoxy groups -OCH3 is 1. The van der Waals surface area contributed by atoms with Crippen LogP contribution in [-0.4, -0.2) is 18.0 Å². The van der Waals surface area contributed by atoms with E-state index in [0.717, 1.165) is 5.69 Å². The molecule has 0 bridgehead atoms. The Hall–Kier alpha value is -2.57. The largest absolute Gasteiger partial charge is 0.495 e. The van der Waals surface area contributed by atoms with E-state index in [9.17, 15) is 4.79 Å². The number of carbonyl (C=O) groups is 1. The van der Waals surface area contributed by atoms with Crippen LogP contribution in [0.2, 0.25) is 5.02 Å². The third-order valence-corrected chi connectivity index (χ3v) is 4.16. The van der Waals surface area contributed by atoms with Gasteiger partial charge in [-0.05, 0) is 30.3 Å². The van der Waals surface area contributed by atoms with Gasteiger partial charge in [-0.2, -0.15) is 0 Å². The maximum atomic E-state index is 12.3. The van der Waals surface area contributed by atoms with Crippen LogP contribution in [-0.2, 0) is 0 Å². The summed E-state index contributed by atoms with van der Waals surface area (Å²) in [4.78, 5) is 16.6. The van der Waals surface area contributed by atoms with Gasteiger partial charge in [0.25, 0.3) is 5.91 Å². The van der Waals surface area contributed by atoms with Gasteiger partial charge in [0.05, 0.1) is 12.8 Å². The van der Waals surface area contributed by atoms with Crippen molar-refractivity contribution in [2.45, 2.75) is 0 Å². The van der Waals surface area contributed by atoms with Crippen molar-refractivity contribution in [3.8, 4) is 5.75 Å². The summed E-state index contributed by atoms with van der Waals surface area (Å²) in [6.07, 6.45) is 0. The number of rotatable bonds is 5. The van der Waals surface area contributed by atoms with E-state index in [1.54, 1.807) is 36.8 Å². The molecule has 24 heavy (non-hydrogen) atoms. The van der Waals surface area contributed by atoms with Gasteiger partial charge in [0.2, 0.25) is 0 Å². The molecule has 0 atom stereocenters. The Balaban J connectivity index is 1.72. The van der Waals surface area contributed by atoms with Crippen LogP contribution >= 0.6 is 22.9 Å². The molecule has 2 aromatic carbocycles. The van der Waals surface area contributed by atoms with Crippen LogP contribution < -0.4 is 15.4 Å². The van der Waals surface area contributed by atoms with Gasteiger partial charge in [-0.25, -0.2) is 4.98 Å². The van der Waals surface area contributed by atoms with Crippen molar-refractivity contribution in [1.29, 1.82) is 0 Å². The minimum atomic E-state index is -0.296. The topological polar surface area (TPSA) is 63.2 Å². The van der Waals surface area contributed by atoms with Gasteiger partial charge in [-0.1, -0.05) is 29.8 Å². The molecule has 0 aliphatic heterocycles. The molecule has 1 heterocycles. The lowest BCUT2D eigenvalue weighted by Gasteiger charge is -2.08. The van der Waals surface area contributed by atoms with Gasteiger partial charge in [0, 0.05) is 16.1 Å². The fraction of sp³-hybridized carbons (Fsp3) is 0.0588. The Bertz CT molecular complexity index is 866. The number of ether oxygens (including phenoxy) is 1. The average molecular weight is 360 g/mol. The highest BCUT2D eigenvalue weighted by atomic mass is 35.5. The van der Waals surface area contributed by atoms with Crippen LogP contribution in [0.1, 0.15) is 10.5 Å². The lowest BCUT2D eigenvalue weighted by molar-refractivity contribution is 0.102. The van der Waals surface area contributed by atoms with Gasteiger partial charge >= 0.3 is 0 Å². The maximum absolute atomic E-state index is 12.3. The van der Waals surface area contributed by atoms with E-state index in [0.29, 0.717) is 27.3 Å². The maximum Gasteiger partial charge on any atom is 0.275 e. The first-order valence-corrected chi connectivity index (χ1v) is 8.34. The number of nitrogens with zero attached hydrogens (tertiary/aromatic N) is 1. The van der Waals surface area contributed by atoms with E-state index in [1.807, 2.05) is 24.3 Å². The van der Waals surface area contributed by atoms with Crippen molar-refractivity contribution >= 4 is 45.4 Å². The molecule has 0 spiro atoms. The molecule has 0 saturated heterocycles. The number of hydrogen-bond acceptors (Lipinski definition) is 5. The van der Waals surface area contributed by atoms with Crippen LogP contribution in [0.3, 0.4) is 0 Å². The summed E-state index contributed by atoms with van der Waals surface area (Å²) in [5, 5.41) is 8.86. The number of para-hydroxylation sites is 2. The zero-order valence-electron chi connectivity index (χ0n) is 12.7. The predicted molar refractivity (Wildman–Crippen MR) is 97.8 cm³/mol. The molecule has 2 N–H and O–H groups in total. The number of anilines is 3. The minimum absolute atomic E-state index is 0.296. The van der Waals surface area contributed by atoms with Gasteiger partial charge in [0.1, 0.15) is 11.4 Å². The predicted octanol–water partition coefficient (Wildman–Crippen LogP) is 4.80. The Labute approximate surface area is 148 Å². The second kappa shape index (κ2) is 7.33. The second-order valence-corrected chi connectivity index (χ2v) is 6.12. The number of hydrogen-bond donors (Lipinski definition) is 2. The van der Waals surface area contributed by atoms with E-state index in [1.165, 1.54) is 11.3 Å². The summed E-state index contributed by atoms with van der Waals surface area (Å²) in [5.74, 6) is 0.299. The number of carbonyl (C=O) groups excluding carboxylic acids is 1. The smallest absolute Gasteiger partial charge is 0.275 e. The molecule has 3 aromatic rings. The number of nitrogens with one attached hydrogen (secondary N) is 2. The van der Waals surface area contributed by atoms with Crippen LogP contribution in [0.5, 0.6) is 5.75 Å². The molecule has 1 amide bonds. The van der Waals surface area contributed by atoms with Crippen LogP contribution in [0.4, 0.5) is 16.5 Å². The first kappa shape index (κ1) is 16.3. The highest BCUT2D eigenvalue weighted by Crippen LogP contribution is 2.26. The fourth-order valence-electron chi connectivity index (χ4n) is 2.06. The summed E-state index contributed by atoms with van der Waals surface area (Å²) in [5.41, 5.74) is 1.74. The first-order valence-electron chi connectivity index (χ1n) is 7.08. The lowest BCUT2D eigenvalue weighted by Crippen LogP contribution is -2.13. The molecule has 0 aliphatic carbocycles. The van der Waals surface area contributed by atoms with Crippen LogP contribution in [0.15, 0.2) is 53.9 Å². The lowest BCUT2D eigenvalue weighted by atomic mass is 10.3. The second-order valence-electron chi connectivity index (χ2n) is 4.83. The van der Waals surface area contributed by atoms with Crippen LogP contribution in [0, 0.1) is 0 Å². The summed E-state index contributed by atoms with van der Waals surface area (Å²) in [7, 11) is 1.56. The number of halogens is 1. The van der Waals surface area contributed by atoms with Gasteiger partial charge in [0.15, 0.2) is 5.13 Å². The highest BCUT2D eigenvalue weighted by molar-refractivity contribution is 7.14. The van der Waals surface area contributed by atoms with Crippen molar-refractivity contribution in [3.05, 3.63) is 64.6 Å². The monoisotopic (exact) mass is 359 g/mol. The molecular weight excluding hydrogens is 346 g/mol. The molecule has 1 aromatic heterocycles. The Morgan fingerprint density at radius 2 is 2.04 bits per heavy atom. The van der Waals surface area contributed by atoms with Crippen LogP contribution in [0.25, 0.3) is 0 Å². The number of amides is 1. The fourth-order valence-corrected chi connectivity index (χ4v) is 2.96. The SMILES string of the molecule is COc1ccccc1NC(=O)c1csc(Nc2cccc(Cl)c2)n1. The van der Waals surface area contributed by atoms with E-state index in [4.69, 9.17) is 16.3 Å². The number of aromatic nitrogens is 1.